The fraction of sp³-hybridized carbons (Fsp3) is 0.200. The monoisotopic (exact) mass is 445 g/mol. The van der Waals surface area contributed by atoms with E-state index in [2.05, 4.69) is 30.3 Å². The molecule has 0 radical (unpaired) electrons. The van der Waals surface area contributed by atoms with Crippen LogP contribution in [0.1, 0.15) is 6.92 Å². The zero-order chi connectivity index (χ0) is 22.9. The summed E-state index contributed by atoms with van der Waals surface area (Å²) in [6.45, 7) is 1.72. The largest absolute Gasteiger partial charge is 0.573 e. The van der Waals surface area contributed by atoms with Crippen LogP contribution in [0.3, 0.4) is 0 Å². The maximum absolute atomic E-state index is 12.9. The molecular formula is C20H16F3N6O3+. The first-order chi connectivity index (χ1) is 15.2. The lowest BCUT2D eigenvalue weighted by molar-refractivity contribution is -0.597. The number of hydrogen-bond acceptors (Lipinski definition) is 7. The third-order valence-electron chi connectivity index (χ3n) is 4.45. The average Bonchev–Trinajstić information content (AvgIpc) is 3.08. The Balaban J connectivity index is 1.69. The molecule has 1 aliphatic heterocycles. The first kappa shape index (κ1) is 21.2. The van der Waals surface area contributed by atoms with Crippen molar-refractivity contribution in [2.45, 2.75) is 19.3 Å². The summed E-state index contributed by atoms with van der Waals surface area (Å²) < 4.78 is 47.9. The number of carbonyl (C=O) groups is 1. The Labute approximate surface area is 178 Å². The van der Waals surface area contributed by atoms with Gasteiger partial charge in [-0.3, -0.25) is 4.79 Å². The number of fused-ring (bicyclic) bond motifs is 1. The van der Waals surface area contributed by atoms with Gasteiger partial charge >= 0.3 is 11.9 Å². The van der Waals surface area contributed by atoms with Gasteiger partial charge in [0.25, 0.3) is 5.91 Å². The quantitative estimate of drug-likeness (QED) is 0.601. The number of rotatable bonds is 5. The molecule has 1 aliphatic rings. The summed E-state index contributed by atoms with van der Waals surface area (Å²) in [6, 6.07) is 11.2. The Kier molecular flexibility index (Phi) is 5.43. The Hall–Kier alpha value is -4.09. The van der Waals surface area contributed by atoms with E-state index in [1.807, 2.05) is 0 Å². The summed E-state index contributed by atoms with van der Waals surface area (Å²) in [6.07, 6.45) is -4.81. The Bertz CT molecular complexity index is 1300. The van der Waals surface area contributed by atoms with Crippen molar-refractivity contribution >= 4 is 11.7 Å². The van der Waals surface area contributed by atoms with Crippen LogP contribution in [0.4, 0.5) is 19.0 Å². The standard InChI is InChI=1S/C20H15F3N6O3/c1-11-18(19(30)25-15-7-9-17(31-2)27-26-15)29-16(24-11)8-6-14(28-29)12-4-3-5-13(10-12)32-20(21,22)23/h3-11H,1-2H3/p+1. The van der Waals surface area contributed by atoms with Gasteiger partial charge in [0.2, 0.25) is 17.6 Å². The van der Waals surface area contributed by atoms with Crippen molar-refractivity contribution < 1.29 is 31.8 Å². The van der Waals surface area contributed by atoms with Gasteiger partial charge in [0.05, 0.1) is 7.11 Å². The molecule has 0 fully saturated rings. The molecule has 32 heavy (non-hydrogen) atoms. The molecule has 1 unspecified atom stereocenters. The number of halogens is 3. The highest BCUT2D eigenvalue weighted by Gasteiger charge is 2.34. The van der Waals surface area contributed by atoms with E-state index in [9.17, 15) is 18.0 Å². The number of carbonyl (C=O) groups excluding carboxylic acids is 1. The van der Waals surface area contributed by atoms with Gasteiger partial charge in [0.15, 0.2) is 5.82 Å². The molecule has 3 heterocycles. The zero-order valence-corrected chi connectivity index (χ0v) is 16.8. The van der Waals surface area contributed by atoms with E-state index in [1.165, 1.54) is 35.7 Å². The van der Waals surface area contributed by atoms with E-state index in [1.54, 1.807) is 31.2 Å². The number of aromatic nitrogens is 4. The molecule has 1 atom stereocenters. The number of amides is 1. The Morgan fingerprint density at radius 3 is 2.62 bits per heavy atom. The van der Waals surface area contributed by atoms with Gasteiger partial charge in [-0.1, -0.05) is 26.6 Å². The predicted molar refractivity (Wildman–Crippen MR) is 103 cm³/mol. The Morgan fingerprint density at radius 2 is 1.94 bits per heavy atom. The second kappa shape index (κ2) is 8.21. The van der Waals surface area contributed by atoms with Crippen molar-refractivity contribution in [2.75, 3.05) is 12.4 Å². The molecule has 1 aromatic carbocycles. The van der Waals surface area contributed by atoms with Crippen molar-refractivity contribution in [1.82, 2.24) is 15.3 Å². The van der Waals surface area contributed by atoms with Gasteiger partial charge < -0.3 is 14.8 Å². The van der Waals surface area contributed by atoms with Gasteiger partial charge in [0, 0.05) is 17.7 Å². The van der Waals surface area contributed by atoms with Crippen LogP contribution in [0.15, 0.2) is 53.5 Å². The molecular weight excluding hydrogens is 429 g/mol. The van der Waals surface area contributed by atoms with E-state index in [-0.39, 0.29) is 17.3 Å². The maximum Gasteiger partial charge on any atom is 0.573 e. The minimum absolute atomic E-state index is 0.206. The van der Waals surface area contributed by atoms with Crippen LogP contribution in [-0.4, -0.2) is 40.7 Å². The third kappa shape index (κ3) is 4.48. The molecule has 0 bridgehead atoms. The van der Waals surface area contributed by atoms with Gasteiger partial charge in [-0.25, -0.2) is 0 Å². The lowest BCUT2D eigenvalue weighted by Crippen LogP contribution is -2.44. The van der Waals surface area contributed by atoms with Crippen LogP contribution in [0.5, 0.6) is 11.6 Å². The van der Waals surface area contributed by atoms with Crippen molar-refractivity contribution in [1.29, 1.82) is 0 Å². The molecule has 1 N–H and O–H groups in total. The van der Waals surface area contributed by atoms with Gasteiger partial charge in [-0.15, -0.1) is 23.4 Å². The molecule has 0 saturated heterocycles. The number of methoxy groups -OCH3 is 1. The van der Waals surface area contributed by atoms with E-state index in [4.69, 9.17) is 4.74 Å². The first-order valence-corrected chi connectivity index (χ1v) is 9.30. The normalized spacial score (nSPS) is 15.0. The van der Waals surface area contributed by atoms with Gasteiger partial charge in [0.1, 0.15) is 11.4 Å². The Morgan fingerprint density at radius 1 is 1.12 bits per heavy atom. The zero-order valence-electron chi connectivity index (χ0n) is 16.8. The predicted octanol–water partition coefficient (Wildman–Crippen LogP) is 1.77. The maximum atomic E-state index is 12.9. The highest BCUT2D eigenvalue weighted by molar-refractivity contribution is 5.98. The fourth-order valence-electron chi connectivity index (χ4n) is 3.10. The molecule has 0 aliphatic carbocycles. The van der Waals surface area contributed by atoms with Crippen LogP contribution >= 0.6 is 0 Å². The molecule has 0 saturated carbocycles. The topological polar surface area (TPSA) is 104 Å². The molecule has 9 nitrogen and oxygen atoms in total. The van der Waals surface area contributed by atoms with Crippen molar-refractivity contribution in [2.24, 2.45) is 4.99 Å². The number of ether oxygens (including phenoxy) is 2. The first-order valence-electron chi connectivity index (χ1n) is 9.30. The summed E-state index contributed by atoms with van der Waals surface area (Å²) in [5.41, 5.74) is 1.36. The molecule has 1 amide bonds. The molecule has 0 spiro atoms. The fourth-order valence-corrected chi connectivity index (χ4v) is 3.10. The highest BCUT2D eigenvalue weighted by atomic mass is 19.4. The number of nitrogens with zero attached hydrogens (tertiary/aromatic N) is 5. The average molecular weight is 445 g/mol. The van der Waals surface area contributed by atoms with Crippen molar-refractivity contribution in [3.8, 4) is 22.9 Å². The number of benzene rings is 1. The minimum atomic E-state index is -4.81. The van der Waals surface area contributed by atoms with Crippen LogP contribution in [0.2, 0.25) is 0 Å². The SMILES string of the molecule is COc1ccc(NC(=O)C2=[n+]3nc(-c4cccc(OC(F)(F)F)c4)ccc3=NC2C)nn1. The van der Waals surface area contributed by atoms with E-state index >= 15 is 0 Å². The number of alkyl halides is 3. The third-order valence-corrected chi connectivity index (χ3v) is 4.45. The number of nitrogens with one attached hydrogen (secondary N) is 1. The van der Waals surface area contributed by atoms with Crippen molar-refractivity contribution in [3.63, 3.8) is 0 Å². The number of hydrogen-bond donors (Lipinski definition) is 1. The summed E-state index contributed by atoms with van der Waals surface area (Å²) >= 11 is 0. The minimum Gasteiger partial charge on any atom is -0.480 e. The highest BCUT2D eigenvalue weighted by Crippen LogP contribution is 2.26. The summed E-state index contributed by atoms with van der Waals surface area (Å²) in [5, 5.41) is 14.7. The van der Waals surface area contributed by atoms with Crippen LogP contribution < -0.4 is 24.6 Å². The molecule has 3 aromatic rings. The molecule has 2 aromatic heterocycles. The summed E-state index contributed by atoms with van der Waals surface area (Å²) in [7, 11) is 1.45. The van der Waals surface area contributed by atoms with E-state index in [0.29, 0.717) is 22.6 Å². The van der Waals surface area contributed by atoms with Crippen LogP contribution in [0.25, 0.3) is 11.3 Å². The lowest BCUT2D eigenvalue weighted by atomic mass is 10.1. The lowest BCUT2D eigenvalue weighted by Gasteiger charge is -2.09. The van der Waals surface area contributed by atoms with Crippen LogP contribution in [0, 0.1) is 5.71 Å². The summed E-state index contributed by atoms with van der Waals surface area (Å²) in [4.78, 5) is 17.3. The summed E-state index contributed by atoms with van der Waals surface area (Å²) in [5.74, 6) is -0.371. The van der Waals surface area contributed by atoms with Gasteiger partial charge in [-0.05, 0) is 31.2 Å². The second-order valence-corrected chi connectivity index (χ2v) is 6.67. The van der Waals surface area contributed by atoms with E-state index < -0.39 is 18.3 Å². The molecule has 4 rings (SSSR count). The smallest absolute Gasteiger partial charge is 0.480 e. The molecule has 12 heteroatoms. The van der Waals surface area contributed by atoms with E-state index in [0.717, 1.165) is 0 Å². The molecule has 164 valence electrons. The number of anilines is 1. The second-order valence-electron chi connectivity index (χ2n) is 6.67. The van der Waals surface area contributed by atoms with Crippen molar-refractivity contribution in [3.05, 3.63) is 59.7 Å². The van der Waals surface area contributed by atoms with Crippen LogP contribution in [-0.2, 0) is 4.79 Å². The van der Waals surface area contributed by atoms with Gasteiger partial charge in [-0.2, -0.15) is 0 Å².